The Kier molecular flexibility index (Phi) is 6.59. The van der Waals surface area contributed by atoms with Crippen LogP contribution < -0.4 is 5.32 Å². The predicted molar refractivity (Wildman–Crippen MR) is 81.2 cm³/mol. The zero-order valence-electron chi connectivity index (χ0n) is 13.3. The number of nitrogens with zero attached hydrogens (tertiary/aromatic N) is 1. The quantitative estimate of drug-likeness (QED) is 0.776. The molecule has 1 aromatic heterocycles. The van der Waals surface area contributed by atoms with Crippen LogP contribution in [0.4, 0.5) is 0 Å². The highest BCUT2D eigenvalue weighted by atomic mass is 16.3. The maximum Gasteiger partial charge on any atom is 0.118 e. The van der Waals surface area contributed by atoms with Crippen molar-refractivity contribution in [2.45, 2.75) is 66.1 Å². The molecule has 1 aromatic rings. The van der Waals surface area contributed by atoms with Gasteiger partial charge in [0.05, 0.1) is 13.1 Å². The van der Waals surface area contributed by atoms with Crippen LogP contribution in [-0.4, -0.2) is 23.5 Å². The molecular weight excluding hydrogens is 236 g/mol. The molecule has 19 heavy (non-hydrogen) atoms. The lowest BCUT2D eigenvalue weighted by atomic mass is 10.1. The Morgan fingerprint density at radius 2 is 1.63 bits per heavy atom. The molecule has 1 rings (SSSR count). The van der Waals surface area contributed by atoms with Gasteiger partial charge in [-0.1, -0.05) is 13.8 Å². The van der Waals surface area contributed by atoms with E-state index in [1.807, 2.05) is 0 Å². The van der Waals surface area contributed by atoms with Crippen LogP contribution in [0.15, 0.2) is 16.5 Å². The summed E-state index contributed by atoms with van der Waals surface area (Å²) < 4.78 is 5.90. The lowest BCUT2D eigenvalue weighted by Gasteiger charge is -2.20. The topological polar surface area (TPSA) is 28.4 Å². The molecule has 0 amide bonds. The number of rotatable bonds is 8. The third-order valence-corrected chi connectivity index (χ3v) is 2.97. The largest absolute Gasteiger partial charge is 0.463 e. The Labute approximate surface area is 118 Å². The SMILES string of the molecule is CCCN(CCC)Cc1ccc(CNC(C)(C)C)o1. The van der Waals surface area contributed by atoms with Crippen LogP contribution in [0.1, 0.15) is 59.0 Å². The smallest absolute Gasteiger partial charge is 0.118 e. The van der Waals surface area contributed by atoms with Gasteiger partial charge in [-0.15, -0.1) is 0 Å². The molecule has 1 heterocycles. The van der Waals surface area contributed by atoms with Crippen molar-refractivity contribution in [3.05, 3.63) is 23.7 Å². The molecule has 0 aromatic carbocycles. The summed E-state index contributed by atoms with van der Waals surface area (Å²) in [6, 6.07) is 4.20. The van der Waals surface area contributed by atoms with Crippen molar-refractivity contribution >= 4 is 0 Å². The Balaban J connectivity index is 2.48. The molecule has 0 aliphatic rings. The highest BCUT2D eigenvalue weighted by Crippen LogP contribution is 2.12. The number of furan rings is 1. The van der Waals surface area contributed by atoms with E-state index in [9.17, 15) is 0 Å². The van der Waals surface area contributed by atoms with Gasteiger partial charge in [-0.3, -0.25) is 4.90 Å². The molecule has 110 valence electrons. The molecule has 0 fully saturated rings. The van der Waals surface area contributed by atoms with Gasteiger partial charge in [0.1, 0.15) is 11.5 Å². The van der Waals surface area contributed by atoms with Gasteiger partial charge in [-0.2, -0.15) is 0 Å². The van der Waals surface area contributed by atoms with Crippen LogP contribution in [0, 0.1) is 0 Å². The molecule has 0 radical (unpaired) electrons. The van der Waals surface area contributed by atoms with Crippen LogP contribution in [0.5, 0.6) is 0 Å². The number of hydrogen-bond acceptors (Lipinski definition) is 3. The highest BCUT2D eigenvalue weighted by molar-refractivity contribution is 5.07. The third-order valence-electron chi connectivity index (χ3n) is 2.97. The summed E-state index contributed by atoms with van der Waals surface area (Å²) in [7, 11) is 0. The van der Waals surface area contributed by atoms with E-state index in [1.165, 1.54) is 12.8 Å². The molecule has 0 aliphatic carbocycles. The second-order valence-corrected chi connectivity index (χ2v) is 6.25. The average molecular weight is 266 g/mol. The number of hydrogen-bond donors (Lipinski definition) is 1. The van der Waals surface area contributed by atoms with E-state index in [2.05, 4.69) is 57.0 Å². The molecule has 3 nitrogen and oxygen atoms in total. The third kappa shape index (κ3) is 6.79. The molecule has 3 heteroatoms. The molecule has 0 saturated carbocycles. The van der Waals surface area contributed by atoms with Crippen molar-refractivity contribution in [2.75, 3.05) is 13.1 Å². The van der Waals surface area contributed by atoms with Crippen LogP contribution in [0.2, 0.25) is 0 Å². The van der Waals surface area contributed by atoms with Gasteiger partial charge in [0.25, 0.3) is 0 Å². The minimum atomic E-state index is 0.128. The second-order valence-electron chi connectivity index (χ2n) is 6.25. The van der Waals surface area contributed by atoms with Gasteiger partial charge in [0, 0.05) is 5.54 Å². The predicted octanol–water partition coefficient (Wildman–Crippen LogP) is 3.79. The first-order valence-corrected chi connectivity index (χ1v) is 7.49. The molecule has 0 aliphatic heterocycles. The summed E-state index contributed by atoms with van der Waals surface area (Å²) in [6.07, 6.45) is 2.39. The van der Waals surface area contributed by atoms with Crippen molar-refractivity contribution < 1.29 is 4.42 Å². The van der Waals surface area contributed by atoms with Crippen molar-refractivity contribution in [3.8, 4) is 0 Å². The second kappa shape index (κ2) is 7.71. The van der Waals surface area contributed by atoms with Crippen LogP contribution >= 0.6 is 0 Å². The Bertz CT molecular complexity index is 346. The van der Waals surface area contributed by atoms with Gasteiger partial charge in [0.2, 0.25) is 0 Å². The van der Waals surface area contributed by atoms with Crippen LogP contribution in [-0.2, 0) is 13.1 Å². The summed E-state index contributed by atoms with van der Waals surface area (Å²) in [5.74, 6) is 2.10. The van der Waals surface area contributed by atoms with Crippen LogP contribution in [0.25, 0.3) is 0 Å². The summed E-state index contributed by atoms with van der Waals surface area (Å²) in [5, 5.41) is 3.45. The standard InChI is InChI=1S/C16H30N2O/c1-6-10-18(11-7-2)13-15-9-8-14(19-15)12-17-16(3,4)5/h8-9,17H,6-7,10-13H2,1-5H3. The summed E-state index contributed by atoms with van der Waals surface area (Å²) in [5.41, 5.74) is 0.128. The fourth-order valence-corrected chi connectivity index (χ4v) is 2.08. The van der Waals surface area contributed by atoms with E-state index in [4.69, 9.17) is 4.42 Å². The number of nitrogens with one attached hydrogen (secondary N) is 1. The van der Waals surface area contributed by atoms with Crippen molar-refractivity contribution in [1.82, 2.24) is 10.2 Å². The van der Waals surface area contributed by atoms with Crippen molar-refractivity contribution in [2.24, 2.45) is 0 Å². The van der Waals surface area contributed by atoms with E-state index >= 15 is 0 Å². The van der Waals surface area contributed by atoms with E-state index in [0.717, 1.165) is 37.7 Å². The fourth-order valence-electron chi connectivity index (χ4n) is 2.08. The van der Waals surface area contributed by atoms with Gasteiger partial charge in [-0.25, -0.2) is 0 Å². The van der Waals surface area contributed by atoms with E-state index in [0.29, 0.717) is 0 Å². The van der Waals surface area contributed by atoms with Crippen molar-refractivity contribution in [1.29, 1.82) is 0 Å². The molecular formula is C16H30N2O. The first-order valence-electron chi connectivity index (χ1n) is 7.49. The Morgan fingerprint density at radius 1 is 1.05 bits per heavy atom. The van der Waals surface area contributed by atoms with E-state index in [1.54, 1.807) is 0 Å². The highest BCUT2D eigenvalue weighted by Gasteiger charge is 2.11. The minimum Gasteiger partial charge on any atom is -0.463 e. The van der Waals surface area contributed by atoms with Gasteiger partial charge in [0.15, 0.2) is 0 Å². The van der Waals surface area contributed by atoms with Crippen LogP contribution in [0.3, 0.4) is 0 Å². The average Bonchev–Trinajstić information content (AvgIpc) is 2.74. The lowest BCUT2D eigenvalue weighted by molar-refractivity contribution is 0.240. The molecule has 0 unspecified atom stereocenters. The Morgan fingerprint density at radius 3 is 2.16 bits per heavy atom. The molecule has 0 spiro atoms. The molecule has 0 saturated heterocycles. The summed E-state index contributed by atoms with van der Waals surface area (Å²) in [6.45, 7) is 15.0. The summed E-state index contributed by atoms with van der Waals surface area (Å²) >= 11 is 0. The summed E-state index contributed by atoms with van der Waals surface area (Å²) in [4.78, 5) is 2.46. The maximum atomic E-state index is 5.90. The molecule has 1 N–H and O–H groups in total. The Hall–Kier alpha value is -0.800. The van der Waals surface area contributed by atoms with Crippen molar-refractivity contribution in [3.63, 3.8) is 0 Å². The maximum absolute atomic E-state index is 5.90. The van der Waals surface area contributed by atoms with E-state index < -0.39 is 0 Å². The van der Waals surface area contributed by atoms with Gasteiger partial charge < -0.3 is 9.73 Å². The normalized spacial score (nSPS) is 12.3. The minimum absolute atomic E-state index is 0.128. The fraction of sp³-hybridized carbons (Fsp3) is 0.750. The van der Waals surface area contributed by atoms with E-state index in [-0.39, 0.29) is 5.54 Å². The molecule has 0 atom stereocenters. The zero-order chi connectivity index (χ0) is 14.3. The first-order chi connectivity index (χ1) is 8.94. The van der Waals surface area contributed by atoms with Gasteiger partial charge in [-0.05, 0) is 58.8 Å². The van der Waals surface area contributed by atoms with Gasteiger partial charge >= 0.3 is 0 Å². The lowest BCUT2D eigenvalue weighted by Crippen LogP contribution is -2.34. The monoisotopic (exact) mass is 266 g/mol. The zero-order valence-corrected chi connectivity index (χ0v) is 13.3. The molecule has 0 bridgehead atoms. The first kappa shape index (κ1) is 16.3.